The van der Waals surface area contributed by atoms with Crippen molar-refractivity contribution in [1.82, 2.24) is 29.8 Å². The molecule has 4 aromatic rings. The maximum Gasteiger partial charge on any atom is 0.437 e. The van der Waals surface area contributed by atoms with Crippen molar-refractivity contribution in [2.24, 2.45) is 5.73 Å². The lowest BCUT2D eigenvalue weighted by atomic mass is 10.1. The fourth-order valence-corrected chi connectivity index (χ4v) is 4.06. The highest BCUT2D eigenvalue weighted by atomic mass is 35.5. The van der Waals surface area contributed by atoms with Crippen molar-refractivity contribution in [3.8, 4) is 5.82 Å². The zero-order valence-electron chi connectivity index (χ0n) is 19.8. The summed E-state index contributed by atoms with van der Waals surface area (Å²) in [6.07, 6.45) is -9.58. The number of nitrogens with two attached hydrogens (primary N) is 1. The SMILES string of the molecule is Cc1cc(Cl)cc(C(N)=O)c1NC(=O)c1cc(Cn2nc(C(F)(F)F)c(C(F)(F)F)n2)nn1-c1ncccc1Cl. The van der Waals surface area contributed by atoms with Crippen molar-refractivity contribution in [3.63, 3.8) is 0 Å². The fraction of sp³-hybridized carbons (Fsp3) is 0.182. The number of hydrogen-bond donors (Lipinski definition) is 2. The van der Waals surface area contributed by atoms with Crippen LogP contribution >= 0.6 is 23.2 Å². The third-order valence-corrected chi connectivity index (χ3v) is 5.75. The summed E-state index contributed by atoms with van der Waals surface area (Å²) in [5, 5.41) is 12.6. The summed E-state index contributed by atoms with van der Waals surface area (Å²) in [6, 6.07) is 6.60. The van der Waals surface area contributed by atoms with Gasteiger partial charge >= 0.3 is 12.4 Å². The minimum Gasteiger partial charge on any atom is -0.366 e. The van der Waals surface area contributed by atoms with Gasteiger partial charge in [-0.1, -0.05) is 23.2 Å². The molecule has 4 rings (SSSR count). The van der Waals surface area contributed by atoms with Crippen LogP contribution in [0.25, 0.3) is 5.82 Å². The maximum atomic E-state index is 13.4. The number of anilines is 1. The Balaban J connectivity index is 1.79. The van der Waals surface area contributed by atoms with E-state index in [4.69, 9.17) is 28.9 Å². The maximum absolute atomic E-state index is 13.4. The first-order valence-electron chi connectivity index (χ1n) is 10.8. The number of amides is 2. The van der Waals surface area contributed by atoms with Crippen molar-refractivity contribution >= 4 is 40.7 Å². The van der Waals surface area contributed by atoms with Gasteiger partial charge in [0.2, 0.25) is 0 Å². The average Bonchev–Trinajstić information content (AvgIpc) is 3.46. The topological polar surface area (TPSA) is 134 Å². The van der Waals surface area contributed by atoms with E-state index in [1.807, 2.05) is 0 Å². The number of pyridine rings is 1. The molecule has 0 aliphatic rings. The molecule has 0 aliphatic carbocycles. The van der Waals surface area contributed by atoms with Crippen molar-refractivity contribution in [1.29, 1.82) is 0 Å². The first-order chi connectivity index (χ1) is 18.6. The molecule has 0 radical (unpaired) electrons. The second kappa shape index (κ2) is 10.4. The molecule has 10 nitrogen and oxygen atoms in total. The van der Waals surface area contributed by atoms with E-state index in [1.165, 1.54) is 37.4 Å². The largest absolute Gasteiger partial charge is 0.437 e. The predicted molar refractivity (Wildman–Crippen MR) is 128 cm³/mol. The van der Waals surface area contributed by atoms with Crippen LogP contribution in [-0.2, 0) is 18.9 Å². The van der Waals surface area contributed by atoms with Crippen LogP contribution in [0.15, 0.2) is 36.5 Å². The standard InChI is InChI=1S/C22H14Cl2F6N8O2/c1-9-5-10(23)6-12(18(31)39)15(9)33-20(40)14-7-11(34-38(14)19-13(24)3-2-4-32-19)8-37-35-16(21(25,26)27)17(36-37)22(28,29)30/h2-7H,8H2,1H3,(H2,31,39)(H,33,40). The third-order valence-electron chi connectivity index (χ3n) is 5.23. The van der Waals surface area contributed by atoms with Crippen LogP contribution in [0.1, 0.15) is 43.5 Å². The molecule has 0 atom stereocenters. The number of carbonyl (C=O) groups excluding carboxylic acids is 2. The summed E-state index contributed by atoms with van der Waals surface area (Å²) < 4.78 is 79.9. The van der Waals surface area contributed by atoms with Gasteiger partial charge in [-0.3, -0.25) is 9.59 Å². The van der Waals surface area contributed by atoms with Crippen LogP contribution in [0.4, 0.5) is 32.0 Å². The molecule has 1 aromatic carbocycles. The molecule has 0 saturated heterocycles. The number of halogens is 8. The van der Waals surface area contributed by atoms with E-state index in [0.29, 0.717) is 5.56 Å². The Morgan fingerprint density at radius 1 is 1.00 bits per heavy atom. The lowest BCUT2D eigenvalue weighted by Crippen LogP contribution is -2.21. The van der Waals surface area contributed by atoms with Gasteiger partial charge in [0.1, 0.15) is 12.2 Å². The molecule has 3 N–H and O–H groups in total. The number of nitrogens with one attached hydrogen (secondary N) is 1. The van der Waals surface area contributed by atoms with E-state index in [2.05, 4.69) is 25.6 Å². The van der Waals surface area contributed by atoms with Gasteiger partial charge in [0.15, 0.2) is 17.2 Å². The number of nitrogens with zero attached hydrogens (tertiary/aromatic N) is 6. The first kappa shape index (κ1) is 28.8. The number of rotatable bonds is 6. The molecule has 18 heteroatoms. The minimum absolute atomic E-state index is 0.00157. The van der Waals surface area contributed by atoms with Crippen molar-refractivity contribution in [2.45, 2.75) is 25.8 Å². The Morgan fingerprint density at radius 3 is 2.17 bits per heavy atom. The van der Waals surface area contributed by atoms with E-state index >= 15 is 0 Å². The number of carbonyl (C=O) groups is 2. The Kier molecular flexibility index (Phi) is 7.51. The van der Waals surface area contributed by atoms with Gasteiger partial charge < -0.3 is 11.1 Å². The molecule has 0 unspecified atom stereocenters. The molecule has 2 amide bonds. The second-order valence-corrected chi connectivity index (χ2v) is 8.97. The summed E-state index contributed by atoms with van der Waals surface area (Å²) in [5.74, 6) is -1.91. The highest BCUT2D eigenvalue weighted by Crippen LogP contribution is 2.38. The summed E-state index contributed by atoms with van der Waals surface area (Å²) in [7, 11) is 0. The van der Waals surface area contributed by atoms with Crippen LogP contribution in [0.3, 0.4) is 0 Å². The third kappa shape index (κ3) is 5.86. The number of hydrogen-bond acceptors (Lipinski definition) is 6. The highest BCUT2D eigenvalue weighted by Gasteiger charge is 2.48. The number of benzene rings is 1. The van der Waals surface area contributed by atoms with Crippen molar-refractivity contribution in [3.05, 3.63) is 80.5 Å². The quantitative estimate of drug-likeness (QED) is 0.300. The second-order valence-electron chi connectivity index (χ2n) is 8.13. The smallest absolute Gasteiger partial charge is 0.366 e. The van der Waals surface area contributed by atoms with E-state index < -0.39 is 42.1 Å². The average molecular weight is 607 g/mol. The summed E-state index contributed by atoms with van der Waals surface area (Å²) in [5.41, 5.74) is 0.634. The Morgan fingerprint density at radius 2 is 1.62 bits per heavy atom. The number of aryl methyl sites for hydroxylation is 1. The molecule has 40 heavy (non-hydrogen) atoms. The molecule has 0 aliphatic heterocycles. The summed E-state index contributed by atoms with van der Waals surface area (Å²) in [4.78, 5) is 29.5. The predicted octanol–water partition coefficient (Wildman–Crippen LogP) is 4.91. The van der Waals surface area contributed by atoms with Gasteiger partial charge in [-0.2, -0.15) is 36.2 Å². The Hall–Kier alpha value is -4.18. The van der Waals surface area contributed by atoms with Crippen LogP contribution in [0.5, 0.6) is 0 Å². The van der Waals surface area contributed by atoms with Crippen LogP contribution in [0, 0.1) is 6.92 Å². The van der Waals surface area contributed by atoms with E-state index in [1.54, 1.807) is 0 Å². The summed E-state index contributed by atoms with van der Waals surface area (Å²) >= 11 is 12.2. The lowest BCUT2D eigenvalue weighted by Gasteiger charge is -2.13. The Bertz CT molecular complexity index is 1600. The molecule has 0 bridgehead atoms. The van der Waals surface area contributed by atoms with E-state index in [-0.39, 0.29) is 43.3 Å². The molecule has 0 fully saturated rings. The van der Waals surface area contributed by atoms with Crippen LogP contribution < -0.4 is 11.1 Å². The van der Waals surface area contributed by atoms with Crippen molar-refractivity contribution < 1.29 is 35.9 Å². The normalized spacial score (nSPS) is 12.0. The fourth-order valence-electron chi connectivity index (χ4n) is 3.59. The van der Waals surface area contributed by atoms with Gasteiger partial charge in [0.05, 0.1) is 22.0 Å². The number of alkyl halides is 6. The highest BCUT2D eigenvalue weighted by molar-refractivity contribution is 6.32. The van der Waals surface area contributed by atoms with Crippen LogP contribution in [0.2, 0.25) is 10.0 Å². The molecule has 3 heterocycles. The Labute approximate surface area is 229 Å². The molecule has 210 valence electrons. The molecule has 0 saturated carbocycles. The molecule has 3 aromatic heterocycles. The van der Waals surface area contributed by atoms with Crippen LogP contribution in [-0.4, -0.2) is 41.6 Å². The van der Waals surface area contributed by atoms with Gasteiger partial charge in [0, 0.05) is 11.2 Å². The molecular formula is C22H14Cl2F6N8O2. The van der Waals surface area contributed by atoms with Gasteiger partial charge in [-0.15, -0.1) is 10.2 Å². The van der Waals surface area contributed by atoms with Gasteiger partial charge in [-0.05, 0) is 42.8 Å². The first-order valence-corrected chi connectivity index (χ1v) is 11.5. The van der Waals surface area contributed by atoms with E-state index in [9.17, 15) is 35.9 Å². The zero-order chi connectivity index (χ0) is 29.6. The monoisotopic (exact) mass is 606 g/mol. The molecular weight excluding hydrogens is 593 g/mol. The van der Waals surface area contributed by atoms with Gasteiger partial charge in [-0.25, -0.2) is 9.67 Å². The summed E-state index contributed by atoms with van der Waals surface area (Å²) in [6.45, 7) is 0.732. The number of aromatic nitrogens is 6. The molecule has 0 spiro atoms. The van der Waals surface area contributed by atoms with Crippen molar-refractivity contribution in [2.75, 3.05) is 5.32 Å². The lowest BCUT2D eigenvalue weighted by molar-refractivity contribution is -0.165. The number of primary amides is 1. The minimum atomic E-state index is -5.44. The van der Waals surface area contributed by atoms with Gasteiger partial charge in [0.25, 0.3) is 11.8 Å². The zero-order valence-corrected chi connectivity index (χ0v) is 21.3. The van der Waals surface area contributed by atoms with E-state index in [0.717, 1.165) is 10.7 Å².